The first-order valence-electron chi connectivity index (χ1n) is 8.49. The highest BCUT2D eigenvalue weighted by molar-refractivity contribution is 5.82. The topological polar surface area (TPSA) is 134 Å². The van der Waals surface area contributed by atoms with Crippen LogP contribution in [-0.4, -0.2) is 33.5 Å². The summed E-state index contributed by atoms with van der Waals surface area (Å²) in [5, 5.41) is 27.9. The second-order valence-electron chi connectivity index (χ2n) is 7.12. The number of hydrogen-bond donors (Lipinski definition) is 3. The highest BCUT2D eigenvalue weighted by atomic mass is 16.5. The predicted octanol–water partition coefficient (Wildman–Crippen LogP) is 3.25. The molecule has 0 spiro atoms. The van der Waals surface area contributed by atoms with E-state index in [9.17, 15) is 10.1 Å². The van der Waals surface area contributed by atoms with Crippen LogP contribution in [0.4, 0.5) is 10.6 Å². The van der Waals surface area contributed by atoms with Gasteiger partial charge >= 0.3 is 6.09 Å². The molecule has 142 valence electrons. The fourth-order valence-electron chi connectivity index (χ4n) is 2.85. The zero-order chi connectivity index (χ0) is 20.0. The number of anilines is 1. The molecule has 27 heavy (non-hydrogen) atoms. The number of carbonyl (C=O) groups is 1. The summed E-state index contributed by atoms with van der Waals surface area (Å²) in [6.07, 6.45) is 1.06. The summed E-state index contributed by atoms with van der Waals surface area (Å²) < 4.78 is 5.80. The van der Waals surface area contributed by atoms with E-state index in [0.717, 1.165) is 6.42 Å². The van der Waals surface area contributed by atoms with Crippen molar-refractivity contribution in [2.45, 2.75) is 32.7 Å². The van der Waals surface area contributed by atoms with Crippen LogP contribution >= 0.6 is 0 Å². The molecule has 1 heterocycles. The summed E-state index contributed by atoms with van der Waals surface area (Å²) >= 11 is 0. The van der Waals surface area contributed by atoms with Crippen molar-refractivity contribution in [1.82, 2.24) is 10.2 Å². The number of carboxylic acid groups (broad SMARTS) is 1. The highest BCUT2D eigenvalue weighted by Gasteiger charge is 2.21. The first kappa shape index (κ1) is 20.1. The molecule has 1 amide bonds. The summed E-state index contributed by atoms with van der Waals surface area (Å²) in [6.45, 7) is 6.41. The number of nitrogens with two attached hydrogens (primary N) is 1. The maximum atomic E-state index is 10.7. The lowest BCUT2D eigenvalue weighted by Crippen LogP contribution is -2.43. The summed E-state index contributed by atoms with van der Waals surface area (Å²) in [7, 11) is 0. The van der Waals surface area contributed by atoms with E-state index in [-0.39, 0.29) is 5.82 Å². The molecule has 1 atom stereocenters. The first-order chi connectivity index (χ1) is 12.7. The van der Waals surface area contributed by atoms with Gasteiger partial charge in [0.1, 0.15) is 18.4 Å². The third kappa shape index (κ3) is 5.94. The van der Waals surface area contributed by atoms with Crippen LogP contribution in [0.25, 0.3) is 11.1 Å². The number of benzene rings is 1. The van der Waals surface area contributed by atoms with Crippen LogP contribution in [0.1, 0.15) is 32.8 Å². The predicted molar refractivity (Wildman–Crippen MR) is 101 cm³/mol. The molecule has 0 aliphatic rings. The third-order valence-corrected chi connectivity index (χ3v) is 3.75. The van der Waals surface area contributed by atoms with Gasteiger partial charge in [0.25, 0.3) is 0 Å². The Morgan fingerprint density at radius 3 is 2.78 bits per heavy atom. The molecule has 0 saturated carbocycles. The Labute approximate surface area is 158 Å². The smallest absolute Gasteiger partial charge is 0.410 e. The molecule has 8 nitrogen and oxygen atoms in total. The highest BCUT2D eigenvalue weighted by Crippen LogP contribution is 2.28. The fraction of sp³-hybridized carbons (Fsp3) is 0.368. The van der Waals surface area contributed by atoms with Crippen LogP contribution in [0, 0.1) is 17.2 Å². The number of ether oxygens (including phenoxy) is 1. The second kappa shape index (κ2) is 8.47. The number of amides is 1. The van der Waals surface area contributed by atoms with Crippen molar-refractivity contribution in [3.63, 3.8) is 0 Å². The Morgan fingerprint density at radius 1 is 1.41 bits per heavy atom. The van der Waals surface area contributed by atoms with Gasteiger partial charge in [0, 0.05) is 11.1 Å². The number of nitrogens with zero attached hydrogens (tertiary/aromatic N) is 3. The van der Waals surface area contributed by atoms with Gasteiger partial charge in [-0.2, -0.15) is 10.4 Å². The molecule has 1 unspecified atom stereocenters. The quantitative estimate of drug-likeness (QED) is 0.682. The minimum atomic E-state index is -1.23. The largest absolute Gasteiger partial charge is 0.490 e. The van der Waals surface area contributed by atoms with Crippen molar-refractivity contribution in [2.24, 2.45) is 11.7 Å². The average molecular weight is 369 g/mol. The van der Waals surface area contributed by atoms with Gasteiger partial charge in [0.2, 0.25) is 0 Å². The lowest BCUT2D eigenvalue weighted by molar-refractivity contribution is 0.206. The normalized spacial score (nSPS) is 12.9. The molecule has 0 fully saturated rings. The van der Waals surface area contributed by atoms with Crippen LogP contribution in [0.15, 0.2) is 30.5 Å². The van der Waals surface area contributed by atoms with Crippen LogP contribution in [-0.2, 0) is 0 Å². The van der Waals surface area contributed by atoms with Gasteiger partial charge in [-0.3, -0.25) is 5.32 Å². The van der Waals surface area contributed by atoms with Crippen molar-refractivity contribution in [3.05, 3.63) is 36.0 Å². The SMILES string of the molecule is CC(C)CC(C)(N)COc1ccc(-c2cnnc(NC(=O)O)c2)cc1C#N. The van der Waals surface area contributed by atoms with Crippen LogP contribution in [0.2, 0.25) is 0 Å². The lowest BCUT2D eigenvalue weighted by Gasteiger charge is -2.26. The van der Waals surface area contributed by atoms with E-state index in [4.69, 9.17) is 15.6 Å². The molecule has 1 aromatic carbocycles. The van der Waals surface area contributed by atoms with Crippen LogP contribution in [0.3, 0.4) is 0 Å². The molecule has 0 bridgehead atoms. The molecule has 0 saturated heterocycles. The summed E-state index contributed by atoms with van der Waals surface area (Å²) in [5.74, 6) is 0.994. The molecule has 1 aromatic heterocycles. The fourth-order valence-corrected chi connectivity index (χ4v) is 2.85. The van der Waals surface area contributed by atoms with E-state index >= 15 is 0 Å². The minimum Gasteiger partial charge on any atom is -0.490 e. The molecular weight excluding hydrogens is 346 g/mol. The summed E-state index contributed by atoms with van der Waals surface area (Å²) in [5.41, 5.74) is 7.44. The van der Waals surface area contributed by atoms with Crippen molar-refractivity contribution in [1.29, 1.82) is 5.26 Å². The van der Waals surface area contributed by atoms with E-state index in [1.165, 1.54) is 12.3 Å². The number of rotatable bonds is 7. The molecule has 8 heteroatoms. The zero-order valence-corrected chi connectivity index (χ0v) is 15.6. The number of nitrogens with one attached hydrogen (secondary N) is 1. The maximum absolute atomic E-state index is 10.7. The van der Waals surface area contributed by atoms with Gasteiger partial charge in [-0.1, -0.05) is 19.9 Å². The Balaban J connectivity index is 2.21. The summed E-state index contributed by atoms with van der Waals surface area (Å²) in [4.78, 5) is 10.7. The average Bonchev–Trinajstić information content (AvgIpc) is 2.58. The van der Waals surface area contributed by atoms with Crippen molar-refractivity contribution in [3.8, 4) is 22.9 Å². The molecule has 2 aromatic rings. The van der Waals surface area contributed by atoms with Crippen molar-refractivity contribution < 1.29 is 14.6 Å². The standard InChI is InChI=1S/C19H23N5O3/c1-12(2)8-19(3,21)11-27-16-5-4-13(6-14(16)9-20)15-7-17(23-18(25)26)24-22-10-15/h4-7,10,12H,8,11,21H2,1-3H3,(H,23,24)(H,25,26). The molecule has 0 aliphatic heterocycles. The van der Waals surface area contributed by atoms with Gasteiger partial charge in [-0.05, 0) is 43.0 Å². The van der Waals surface area contributed by atoms with Crippen LogP contribution in [0.5, 0.6) is 5.75 Å². The lowest BCUT2D eigenvalue weighted by atomic mass is 9.93. The van der Waals surface area contributed by atoms with Crippen molar-refractivity contribution in [2.75, 3.05) is 11.9 Å². The van der Waals surface area contributed by atoms with E-state index in [1.807, 2.05) is 6.92 Å². The maximum Gasteiger partial charge on any atom is 0.410 e. The zero-order valence-electron chi connectivity index (χ0n) is 15.6. The van der Waals surface area contributed by atoms with E-state index < -0.39 is 11.6 Å². The molecule has 2 rings (SSSR count). The van der Waals surface area contributed by atoms with E-state index in [2.05, 4.69) is 35.4 Å². The monoisotopic (exact) mass is 369 g/mol. The van der Waals surface area contributed by atoms with E-state index in [1.54, 1.807) is 18.2 Å². The van der Waals surface area contributed by atoms with Gasteiger partial charge in [0.05, 0.1) is 11.8 Å². The Bertz CT molecular complexity index is 859. The Hall–Kier alpha value is -3.18. The molecule has 4 N–H and O–H groups in total. The second-order valence-corrected chi connectivity index (χ2v) is 7.12. The third-order valence-electron chi connectivity index (χ3n) is 3.75. The minimum absolute atomic E-state index is 0.103. The summed E-state index contributed by atoms with van der Waals surface area (Å²) in [6, 6.07) is 8.79. The Kier molecular flexibility index (Phi) is 6.32. The number of hydrogen-bond acceptors (Lipinski definition) is 6. The van der Waals surface area contributed by atoms with E-state index in [0.29, 0.717) is 35.0 Å². The number of aromatic nitrogens is 2. The van der Waals surface area contributed by atoms with Gasteiger partial charge in [-0.25, -0.2) is 4.79 Å². The van der Waals surface area contributed by atoms with Crippen molar-refractivity contribution >= 4 is 11.9 Å². The molecular formula is C19H23N5O3. The van der Waals surface area contributed by atoms with Gasteiger partial charge in [0.15, 0.2) is 5.82 Å². The van der Waals surface area contributed by atoms with Gasteiger partial charge in [-0.15, -0.1) is 5.10 Å². The Morgan fingerprint density at radius 2 is 2.15 bits per heavy atom. The van der Waals surface area contributed by atoms with Crippen LogP contribution < -0.4 is 15.8 Å². The molecule has 0 aliphatic carbocycles. The first-order valence-corrected chi connectivity index (χ1v) is 8.49. The van der Waals surface area contributed by atoms with Gasteiger partial charge < -0.3 is 15.6 Å². The number of nitriles is 1. The molecule has 0 radical (unpaired) electrons.